The Labute approximate surface area is 247 Å². The van der Waals surface area contributed by atoms with Gasteiger partial charge in [0, 0.05) is 55.7 Å². The SMILES string of the molecule is Cc1ccc(C(=O)Nc2cccc(C(F)(F)F)c2)cc1Nc1ncnn1-c1cc(NCCCN2CCN(C)CC2)ncn1. The fourth-order valence-corrected chi connectivity index (χ4v) is 4.64. The molecular formula is C29H33F3N10O. The quantitative estimate of drug-likeness (QED) is 0.229. The second-order valence-corrected chi connectivity index (χ2v) is 10.4. The van der Waals surface area contributed by atoms with Crippen LogP contribution in [0.2, 0.25) is 0 Å². The number of halogens is 3. The third kappa shape index (κ3) is 7.84. The molecule has 1 amide bonds. The predicted octanol–water partition coefficient (Wildman–Crippen LogP) is 4.43. The number of piperazine rings is 1. The minimum Gasteiger partial charge on any atom is -0.370 e. The van der Waals surface area contributed by atoms with E-state index in [1.165, 1.54) is 29.5 Å². The van der Waals surface area contributed by atoms with Crippen molar-refractivity contribution in [2.24, 2.45) is 0 Å². The summed E-state index contributed by atoms with van der Waals surface area (Å²) >= 11 is 0. The molecule has 5 rings (SSSR count). The summed E-state index contributed by atoms with van der Waals surface area (Å²) in [7, 11) is 2.15. The Balaban J connectivity index is 1.23. The molecule has 2 aromatic heterocycles. The zero-order valence-electron chi connectivity index (χ0n) is 23.9. The van der Waals surface area contributed by atoms with Gasteiger partial charge in [0.05, 0.1) is 5.56 Å². The summed E-state index contributed by atoms with van der Waals surface area (Å²) in [5, 5.41) is 13.4. The molecule has 1 fully saturated rings. The molecule has 4 aromatic rings. The van der Waals surface area contributed by atoms with Crippen LogP contribution >= 0.6 is 0 Å². The highest BCUT2D eigenvalue weighted by Crippen LogP contribution is 2.31. The number of hydrogen-bond donors (Lipinski definition) is 3. The molecule has 3 heterocycles. The van der Waals surface area contributed by atoms with E-state index in [9.17, 15) is 18.0 Å². The summed E-state index contributed by atoms with van der Waals surface area (Å²) in [6.07, 6.45) is -0.695. The van der Waals surface area contributed by atoms with Gasteiger partial charge < -0.3 is 25.8 Å². The number of nitrogens with zero attached hydrogens (tertiary/aromatic N) is 7. The van der Waals surface area contributed by atoms with Gasteiger partial charge in [-0.15, -0.1) is 0 Å². The number of hydrogen-bond acceptors (Lipinski definition) is 9. The normalized spacial score (nSPS) is 14.4. The van der Waals surface area contributed by atoms with E-state index >= 15 is 0 Å². The molecule has 2 aromatic carbocycles. The van der Waals surface area contributed by atoms with E-state index in [1.54, 1.807) is 24.3 Å². The number of aryl methyl sites for hydroxylation is 1. The third-order valence-electron chi connectivity index (χ3n) is 7.16. The molecule has 1 aliphatic rings. The number of benzene rings is 2. The van der Waals surface area contributed by atoms with Gasteiger partial charge >= 0.3 is 6.18 Å². The van der Waals surface area contributed by atoms with Gasteiger partial charge in [0.1, 0.15) is 18.5 Å². The number of carbonyl (C=O) groups excluding carboxylic acids is 1. The van der Waals surface area contributed by atoms with E-state index in [2.05, 4.69) is 52.8 Å². The van der Waals surface area contributed by atoms with Gasteiger partial charge in [-0.05, 0) is 62.8 Å². The van der Waals surface area contributed by atoms with E-state index in [0.717, 1.165) is 63.4 Å². The topological polar surface area (TPSA) is 116 Å². The standard InChI is InChI=1S/C29H33F3N10O/c1-20-7-8-21(27(43)38-23-6-3-5-22(16-23)29(30,31)32)15-24(20)39-28-36-19-37-42(28)26-17-25(34-18-35-26)33-9-4-10-41-13-11-40(2)12-14-41/h3,5-8,15-19H,4,9-14H2,1-2H3,(H,38,43)(H,33,34,35)(H,36,37,39). The Bertz CT molecular complexity index is 1550. The minimum atomic E-state index is -4.51. The van der Waals surface area contributed by atoms with Crippen LogP contribution in [-0.4, -0.2) is 86.8 Å². The smallest absolute Gasteiger partial charge is 0.370 e. The number of rotatable bonds is 10. The second kappa shape index (κ2) is 13.2. The van der Waals surface area contributed by atoms with Gasteiger partial charge in [0.25, 0.3) is 5.91 Å². The fraction of sp³-hybridized carbons (Fsp3) is 0.345. The van der Waals surface area contributed by atoms with Crippen LogP contribution in [0.25, 0.3) is 5.82 Å². The average molecular weight is 595 g/mol. The largest absolute Gasteiger partial charge is 0.416 e. The van der Waals surface area contributed by atoms with Crippen molar-refractivity contribution >= 4 is 29.0 Å². The van der Waals surface area contributed by atoms with Gasteiger partial charge in [-0.3, -0.25) is 4.79 Å². The van der Waals surface area contributed by atoms with Gasteiger partial charge in [-0.2, -0.15) is 27.9 Å². The van der Waals surface area contributed by atoms with Crippen molar-refractivity contribution in [1.29, 1.82) is 0 Å². The van der Waals surface area contributed by atoms with Crippen LogP contribution in [-0.2, 0) is 6.18 Å². The Morgan fingerprint density at radius 1 is 0.977 bits per heavy atom. The van der Waals surface area contributed by atoms with E-state index in [4.69, 9.17) is 0 Å². The van der Waals surface area contributed by atoms with E-state index in [0.29, 0.717) is 23.3 Å². The monoisotopic (exact) mass is 594 g/mol. The minimum absolute atomic E-state index is 0.0437. The fourth-order valence-electron chi connectivity index (χ4n) is 4.64. The highest BCUT2D eigenvalue weighted by Gasteiger charge is 2.30. The molecule has 11 nitrogen and oxygen atoms in total. The first-order valence-electron chi connectivity index (χ1n) is 13.9. The van der Waals surface area contributed by atoms with E-state index < -0.39 is 17.6 Å². The van der Waals surface area contributed by atoms with Gasteiger partial charge in [0.15, 0.2) is 5.82 Å². The number of nitrogens with one attached hydrogen (secondary N) is 3. The Morgan fingerprint density at radius 2 is 1.79 bits per heavy atom. The van der Waals surface area contributed by atoms with E-state index in [-0.39, 0.29) is 11.3 Å². The maximum atomic E-state index is 13.1. The first-order chi connectivity index (χ1) is 20.7. The first kappa shape index (κ1) is 29.9. The Kier molecular flexibility index (Phi) is 9.16. The van der Waals surface area contributed by atoms with Crippen LogP contribution in [0.1, 0.15) is 27.9 Å². The Morgan fingerprint density at radius 3 is 2.58 bits per heavy atom. The average Bonchev–Trinajstić information content (AvgIpc) is 3.45. The summed E-state index contributed by atoms with van der Waals surface area (Å²) in [5.41, 5.74) is 0.839. The lowest BCUT2D eigenvalue weighted by atomic mass is 10.1. The van der Waals surface area contributed by atoms with Crippen molar-refractivity contribution in [3.05, 3.63) is 77.9 Å². The molecule has 0 aliphatic carbocycles. The maximum absolute atomic E-state index is 13.1. The molecule has 43 heavy (non-hydrogen) atoms. The molecule has 0 unspecified atom stereocenters. The van der Waals surface area contributed by atoms with Crippen molar-refractivity contribution in [3.8, 4) is 5.82 Å². The molecule has 1 aliphatic heterocycles. The summed E-state index contributed by atoms with van der Waals surface area (Å²) in [5.74, 6) is 0.961. The molecule has 0 atom stereocenters. The van der Waals surface area contributed by atoms with Crippen molar-refractivity contribution < 1.29 is 18.0 Å². The third-order valence-corrected chi connectivity index (χ3v) is 7.16. The van der Waals surface area contributed by atoms with Crippen LogP contribution in [0, 0.1) is 6.92 Å². The van der Waals surface area contributed by atoms with Gasteiger partial charge in [-0.1, -0.05) is 12.1 Å². The van der Waals surface area contributed by atoms with Crippen molar-refractivity contribution in [3.63, 3.8) is 0 Å². The molecule has 226 valence electrons. The zero-order valence-corrected chi connectivity index (χ0v) is 23.9. The number of amides is 1. The maximum Gasteiger partial charge on any atom is 0.416 e. The van der Waals surface area contributed by atoms with Gasteiger partial charge in [0.2, 0.25) is 5.95 Å². The first-order valence-corrected chi connectivity index (χ1v) is 13.9. The molecule has 0 spiro atoms. The van der Waals surface area contributed by atoms with Crippen LogP contribution in [0.4, 0.5) is 36.3 Å². The number of alkyl halides is 3. The van der Waals surface area contributed by atoms with Crippen LogP contribution in [0.5, 0.6) is 0 Å². The highest BCUT2D eigenvalue weighted by atomic mass is 19.4. The van der Waals surface area contributed by atoms with E-state index in [1.807, 2.05) is 6.92 Å². The number of carbonyl (C=O) groups is 1. The highest BCUT2D eigenvalue weighted by molar-refractivity contribution is 6.05. The molecule has 0 radical (unpaired) electrons. The lowest BCUT2D eigenvalue weighted by Crippen LogP contribution is -2.44. The number of likely N-dealkylation sites (N-methyl/N-ethyl adjacent to an activating group) is 1. The summed E-state index contributed by atoms with van der Waals surface area (Å²) in [6, 6.07) is 11.2. The summed E-state index contributed by atoms with van der Waals surface area (Å²) in [4.78, 5) is 30.7. The molecule has 14 heteroatoms. The van der Waals surface area contributed by atoms with Crippen LogP contribution in [0.3, 0.4) is 0 Å². The van der Waals surface area contributed by atoms with Crippen LogP contribution in [0.15, 0.2) is 61.2 Å². The molecule has 0 saturated carbocycles. The van der Waals surface area contributed by atoms with Crippen molar-refractivity contribution in [2.75, 3.05) is 62.3 Å². The molecule has 0 bridgehead atoms. The number of anilines is 4. The molecule has 1 saturated heterocycles. The zero-order chi connectivity index (χ0) is 30.4. The second-order valence-electron chi connectivity index (χ2n) is 10.4. The molecular weight excluding hydrogens is 561 g/mol. The molecule has 3 N–H and O–H groups in total. The lowest BCUT2D eigenvalue weighted by Gasteiger charge is -2.32. The lowest BCUT2D eigenvalue weighted by molar-refractivity contribution is -0.137. The van der Waals surface area contributed by atoms with Crippen molar-refractivity contribution in [2.45, 2.75) is 19.5 Å². The van der Waals surface area contributed by atoms with Crippen molar-refractivity contribution in [1.82, 2.24) is 34.5 Å². The Hall–Kier alpha value is -4.56. The van der Waals surface area contributed by atoms with Gasteiger partial charge in [-0.25, -0.2) is 9.97 Å². The summed E-state index contributed by atoms with van der Waals surface area (Å²) in [6.45, 7) is 7.98. The summed E-state index contributed by atoms with van der Waals surface area (Å²) < 4.78 is 40.8. The number of aromatic nitrogens is 5. The predicted molar refractivity (Wildman–Crippen MR) is 158 cm³/mol. The van der Waals surface area contributed by atoms with Crippen LogP contribution < -0.4 is 16.0 Å².